The maximum atomic E-state index is 12.1. The average Bonchev–Trinajstić information content (AvgIpc) is 3.02. The molecule has 0 aromatic carbocycles. The molecule has 0 radical (unpaired) electrons. The lowest BCUT2D eigenvalue weighted by Crippen LogP contribution is -2.45. The maximum absolute atomic E-state index is 12.1. The minimum Gasteiger partial charge on any atom is -0.396 e. The van der Waals surface area contributed by atoms with Crippen molar-refractivity contribution in [3.63, 3.8) is 0 Å². The number of hydrogen-bond acceptors (Lipinski definition) is 3. The predicted octanol–water partition coefficient (Wildman–Crippen LogP) is 0.716. The van der Waals surface area contributed by atoms with Crippen molar-refractivity contribution < 1.29 is 13.5 Å². The Labute approximate surface area is 91.3 Å². The van der Waals surface area contributed by atoms with Crippen LogP contribution in [0.15, 0.2) is 0 Å². The Morgan fingerprint density at radius 2 is 1.93 bits per heavy atom. The Morgan fingerprint density at radius 3 is 2.53 bits per heavy atom. The molecule has 5 heteroatoms. The van der Waals surface area contributed by atoms with Crippen LogP contribution in [0.1, 0.15) is 38.5 Å². The molecule has 15 heavy (non-hydrogen) atoms. The molecule has 1 unspecified atom stereocenters. The lowest BCUT2D eigenvalue weighted by molar-refractivity contribution is 0.192. The molecule has 1 aliphatic heterocycles. The van der Waals surface area contributed by atoms with Crippen LogP contribution in [0.4, 0.5) is 0 Å². The number of rotatable bonds is 4. The summed E-state index contributed by atoms with van der Waals surface area (Å²) in [6.45, 7) is 0.741. The molecule has 0 bridgehead atoms. The van der Waals surface area contributed by atoms with Crippen molar-refractivity contribution in [2.24, 2.45) is 0 Å². The molecule has 88 valence electrons. The van der Waals surface area contributed by atoms with E-state index in [1.54, 1.807) is 4.31 Å². The van der Waals surface area contributed by atoms with Crippen molar-refractivity contribution in [2.75, 3.05) is 13.2 Å². The van der Waals surface area contributed by atoms with E-state index >= 15 is 0 Å². The molecular formula is C10H19NO3S. The summed E-state index contributed by atoms with van der Waals surface area (Å²) >= 11 is 0. The van der Waals surface area contributed by atoms with Crippen LogP contribution in [0.5, 0.6) is 0 Å². The molecule has 2 rings (SSSR count). The van der Waals surface area contributed by atoms with E-state index in [4.69, 9.17) is 5.11 Å². The first-order valence-corrected chi connectivity index (χ1v) is 7.28. The fourth-order valence-electron chi connectivity index (χ4n) is 2.30. The van der Waals surface area contributed by atoms with Crippen LogP contribution in [0, 0.1) is 0 Å². The zero-order valence-electron chi connectivity index (χ0n) is 8.93. The van der Waals surface area contributed by atoms with Gasteiger partial charge in [-0.25, -0.2) is 8.42 Å². The third-order valence-electron chi connectivity index (χ3n) is 3.31. The SMILES string of the molecule is O=S(=O)(C1CC1)N1CCCCC1CCO. The quantitative estimate of drug-likeness (QED) is 0.778. The summed E-state index contributed by atoms with van der Waals surface area (Å²) in [5, 5.41) is 8.82. The molecule has 1 saturated heterocycles. The van der Waals surface area contributed by atoms with E-state index in [1.165, 1.54) is 0 Å². The minimum atomic E-state index is -3.04. The largest absolute Gasteiger partial charge is 0.396 e. The standard InChI is InChI=1S/C10H19NO3S/c12-8-6-9-3-1-2-7-11(9)15(13,14)10-4-5-10/h9-10,12H,1-8H2. The summed E-state index contributed by atoms with van der Waals surface area (Å²) in [7, 11) is -3.04. The monoisotopic (exact) mass is 233 g/mol. The summed E-state index contributed by atoms with van der Waals surface area (Å²) < 4.78 is 25.8. The van der Waals surface area contributed by atoms with Gasteiger partial charge < -0.3 is 5.11 Å². The van der Waals surface area contributed by atoms with Crippen molar-refractivity contribution in [3.05, 3.63) is 0 Å². The van der Waals surface area contributed by atoms with E-state index in [9.17, 15) is 8.42 Å². The molecule has 0 aromatic rings. The second-order valence-electron chi connectivity index (χ2n) is 4.52. The first-order chi connectivity index (χ1) is 7.16. The second kappa shape index (κ2) is 4.39. The van der Waals surface area contributed by atoms with E-state index in [1.807, 2.05) is 0 Å². The molecule has 1 aliphatic carbocycles. The van der Waals surface area contributed by atoms with Gasteiger partial charge in [-0.1, -0.05) is 6.42 Å². The van der Waals surface area contributed by atoms with Gasteiger partial charge in [-0.3, -0.25) is 0 Å². The Morgan fingerprint density at radius 1 is 1.20 bits per heavy atom. The van der Waals surface area contributed by atoms with E-state index in [0.717, 1.165) is 32.1 Å². The molecule has 0 amide bonds. The third-order valence-corrected chi connectivity index (χ3v) is 5.76. The third kappa shape index (κ3) is 2.34. The van der Waals surface area contributed by atoms with Gasteiger partial charge in [-0.05, 0) is 32.1 Å². The number of sulfonamides is 1. The first kappa shape index (κ1) is 11.4. The lowest BCUT2D eigenvalue weighted by Gasteiger charge is -2.34. The van der Waals surface area contributed by atoms with Gasteiger partial charge in [-0.2, -0.15) is 4.31 Å². The zero-order chi connectivity index (χ0) is 10.9. The highest BCUT2D eigenvalue weighted by Gasteiger charge is 2.43. The number of hydrogen-bond donors (Lipinski definition) is 1. The fourth-order valence-corrected chi connectivity index (χ4v) is 4.43. The van der Waals surface area contributed by atoms with Gasteiger partial charge in [0, 0.05) is 19.2 Å². The zero-order valence-corrected chi connectivity index (χ0v) is 9.75. The Bertz CT molecular complexity index is 309. The molecule has 1 heterocycles. The summed E-state index contributed by atoms with van der Waals surface area (Å²) in [6.07, 6.45) is 5.20. The highest BCUT2D eigenvalue weighted by molar-refractivity contribution is 7.90. The number of aliphatic hydroxyl groups excluding tert-OH is 1. The normalized spacial score (nSPS) is 29.3. The van der Waals surface area contributed by atoms with Gasteiger partial charge in [0.2, 0.25) is 10.0 Å². The van der Waals surface area contributed by atoms with Crippen LogP contribution in [-0.2, 0) is 10.0 Å². The summed E-state index contributed by atoms with van der Waals surface area (Å²) in [4.78, 5) is 0. The van der Waals surface area contributed by atoms with Crippen LogP contribution in [0.2, 0.25) is 0 Å². The van der Waals surface area contributed by atoms with Crippen LogP contribution >= 0.6 is 0 Å². The number of piperidine rings is 1. The maximum Gasteiger partial charge on any atom is 0.217 e. The molecule has 1 atom stereocenters. The summed E-state index contributed by atoms with van der Waals surface area (Å²) in [5.74, 6) is 0. The minimum absolute atomic E-state index is 0.0503. The van der Waals surface area contributed by atoms with Crippen LogP contribution in [0.25, 0.3) is 0 Å². The Hall–Kier alpha value is -0.130. The van der Waals surface area contributed by atoms with Gasteiger partial charge in [0.05, 0.1) is 5.25 Å². The highest BCUT2D eigenvalue weighted by atomic mass is 32.2. The number of aliphatic hydroxyl groups is 1. The molecular weight excluding hydrogens is 214 g/mol. The van der Waals surface area contributed by atoms with Crippen molar-refractivity contribution in [3.8, 4) is 0 Å². The molecule has 1 N–H and O–H groups in total. The predicted molar refractivity (Wildman–Crippen MR) is 58.0 cm³/mol. The van der Waals surface area contributed by atoms with Gasteiger partial charge in [0.15, 0.2) is 0 Å². The molecule has 0 spiro atoms. The van der Waals surface area contributed by atoms with Crippen LogP contribution in [-0.4, -0.2) is 42.3 Å². The molecule has 2 fully saturated rings. The second-order valence-corrected chi connectivity index (χ2v) is 6.68. The van der Waals surface area contributed by atoms with Crippen LogP contribution in [0.3, 0.4) is 0 Å². The molecule has 4 nitrogen and oxygen atoms in total. The molecule has 2 aliphatic rings. The average molecular weight is 233 g/mol. The first-order valence-electron chi connectivity index (χ1n) is 5.78. The fraction of sp³-hybridized carbons (Fsp3) is 1.00. The van der Waals surface area contributed by atoms with E-state index in [0.29, 0.717) is 13.0 Å². The lowest BCUT2D eigenvalue weighted by atomic mass is 10.0. The molecule has 1 saturated carbocycles. The highest BCUT2D eigenvalue weighted by Crippen LogP contribution is 2.34. The number of nitrogens with zero attached hydrogens (tertiary/aromatic N) is 1. The van der Waals surface area contributed by atoms with Crippen molar-refractivity contribution >= 4 is 10.0 Å². The van der Waals surface area contributed by atoms with E-state index in [2.05, 4.69) is 0 Å². The van der Waals surface area contributed by atoms with Gasteiger partial charge in [0.1, 0.15) is 0 Å². The van der Waals surface area contributed by atoms with Gasteiger partial charge in [0.25, 0.3) is 0 Å². The van der Waals surface area contributed by atoms with Crippen molar-refractivity contribution in [1.82, 2.24) is 4.31 Å². The molecule has 0 aromatic heterocycles. The summed E-state index contributed by atoms with van der Waals surface area (Å²) in [5.41, 5.74) is 0. The van der Waals surface area contributed by atoms with E-state index < -0.39 is 10.0 Å². The Kier molecular flexibility index (Phi) is 3.33. The smallest absolute Gasteiger partial charge is 0.217 e. The summed E-state index contributed by atoms with van der Waals surface area (Å²) in [6, 6.07) is 0.0503. The van der Waals surface area contributed by atoms with Crippen molar-refractivity contribution in [1.29, 1.82) is 0 Å². The van der Waals surface area contributed by atoms with Crippen molar-refractivity contribution in [2.45, 2.75) is 49.8 Å². The van der Waals surface area contributed by atoms with Gasteiger partial charge >= 0.3 is 0 Å². The van der Waals surface area contributed by atoms with E-state index in [-0.39, 0.29) is 17.9 Å². The Balaban J connectivity index is 2.09. The van der Waals surface area contributed by atoms with Crippen LogP contribution < -0.4 is 0 Å². The topological polar surface area (TPSA) is 57.6 Å². The van der Waals surface area contributed by atoms with Gasteiger partial charge in [-0.15, -0.1) is 0 Å².